The number of urea groups is 2. The molecule has 0 bridgehead atoms. The number of rotatable bonds is 2. The maximum absolute atomic E-state index is 11.8. The summed E-state index contributed by atoms with van der Waals surface area (Å²) in [4.78, 5) is 24.3. The molecule has 17 heavy (non-hydrogen) atoms. The first-order valence-electron chi connectivity index (χ1n) is 5.33. The third kappa shape index (κ3) is 5.58. The lowest BCUT2D eigenvalue weighted by molar-refractivity contribution is 0.202. The number of nitrogens with zero attached hydrogens (tertiary/aromatic N) is 1. The summed E-state index contributed by atoms with van der Waals surface area (Å²) in [6, 6.07) is -1.35. The van der Waals surface area contributed by atoms with E-state index in [2.05, 4.69) is 10.6 Å². The highest BCUT2D eigenvalue weighted by molar-refractivity contribution is 8.13. The fourth-order valence-electron chi connectivity index (χ4n) is 0.991. The molecule has 0 spiro atoms. The van der Waals surface area contributed by atoms with Crippen LogP contribution in [0.1, 0.15) is 27.7 Å². The summed E-state index contributed by atoms with van der Waals surface area (Å²) < 4.78 is 0. The van der Waals surface area contributed by atoms with Crippen LogP contribution in [0.25, 0.3) is 0 Å². The summed E-state index contributed by atoms with van der Waals surface area (Å²) in [6.07, 6.45) is 1.64. The van der Waals surface area contributed by atoms with E-state index in [0.717, 1.165) is 16.7 Å². The first-order chi connectivity index (χ1) is 7.79. The molecular formula is C10H20N4O2S. The van der Waals surface area contributed by atoms with Gasteiger partial charge in [-0.3, -0.25) is 5.41 Å². The zero-order chi connectivity index (χ0) is 13.6. The molecule has 3 N–H and O–H groups in total. The van der Waals surface area contributed by atoms with Crippen LogP contribution < -0.4 is 10.6 Å². The summed E-state index contributed by atoms with van der Waals surface area (Å²) in [7, 11) is 0. The zero-order valence-electron chi connectivity index (χ0n) is 10.8. The Hall–Kier alpha value is -1.24. The van der Waals surface area contributed by atoms with Crippen LogP contribution in [0.4, 0.5) is 9.59 Å². The Kier molecular flexibility index (Phi) is 6.64. The van der Waals surface area contributed by atoms with Crippen LogP contribution in [-0.4, -0.2) is 40.5 Å². The van der Waals surface area contributed by atoms with Gasteiger partial charge < -0.3 is 10.6 Å². The molecule has 0 aromatic heterocycles. The molecule has 4 amide bonds. The number of hydrogen-bond acceptors (Lipinski definition) is 4. The van der Waals surface area contributed by atoms with Crippen molar-refractivity contribution in [1.82, 2.24) is 15.5 Å². The second-order valence-electron chi connectivity index (χ2n) is 4.05. The van der Waals surface area contributed by atoms with E-state index in [1.165, 1.54) is 0 Å². The highest BCUT2D eigenvalue weighted by atomic mass is 32.2. The summed E-state index contributed by atoms with van der Waals surface area (Å²) >= 11 is 1.03. The molecule has 7 heteroatoms. The number of nitrogens with one attached hydrogen (secondary N) is 3. The van der Waals surface area contributed by atoms with Gasteiger partial charge in [0.15, 0.2) is 5.17 Å². The van der Waals surface area contributed by atoms with Gasteiger partial charge in [-0.25, -0.2) is 9.59 Å². The largest absolute Gasteiger partial charge is 0.335 e. The van der Waals surface area contributed by atoms with Crippen LogP contribution in [0.3, 0.4) is 0 Å². The normalized spacial score (nSPS) is 10.3. The lowest BCUT2D eigenvalue weighted by Crippen LogP contribution is -2.53. The van der Waals surface area contributed by atoms with Crippen LogP contribution >= 0.6 is 11.8 Å². The number of carbonyl (C=O) groups is 2. The molecule has 0 saturated heterocycles. The molecule has 0 heterocycles. The molecule has 0 aromatic carbocycles. The minimum absolute atomic E-state index is 0.0912. The van der Waals surface area contributed by atoms with Crippen molar-refractivity contribution in [2.75, 3.05) is 6.26 Å². The van der Waals surface area contributed by atoms with Gasteiger partial charge in [0.1, 0.15) is 0 Å². The van der Waals surface area contributed by atoms with Crippen molar-refractivity contribution < 1.29 is 9.59 Å². The van der Waals surface area contributed by atoms with Crippen molar-refractivity contribution in [3.8, 4) is 0 Å². The molecule has 98 valence electrons. The van der Waals surface area contributed by atoms with Crippen molar-refractivity contribution in [2.45, 2.75) is 39.8 Å². The van der Waals surface area contributed by atoms with Crippen molar-refractivity contribution in [1.29, 1.82) is 5.41 Å². The highest BCUT2D eigenvalue weighted by Crippen LogP contribution is 2.05. The molecule has 0 aliphatic rings. The molecular weight excluding hydrogens is 240 g/mol. The Bertz CT molecular complexity index is 283. The molecule has 0 atom stereocenters. The van der Waals surface area contributed by atoms with Crippen molar-refractivity contribution in [3.63, 3.8) is 0 Å². The number of carbonyl (C=O) groups excluding carboxylic acids is 2. The van der Waals surface area contributed by atoms with E-state index in [9.17, 15) is 9.59 Å². The Morgan fingerprint density at radius 1 is 1.06 bits per heavy atom. The molecule has 0 unspecified atom stereocenters. The molecule has 0 fully saturated rings. The van der Waals surface area contributed by atoms with Crippen molar-refractivity contribution in [3.05, 3.63) is 0 Å². The maximum Gasteiger partial charge on any atom is 0.332 e. The van der Waals surface area contributed by atoms with Gasteiger partial charge in [-0.2, -0.15) is 4.90 Å². The van der Waals surface area contributed by atoms with Gasteiger partial charge in [-0.05, 0) is 34.0 Å². The standard InChI is InChI=1S/C10H20N4O2S/c1-6(2)12-9(15)14(8(11)17-5)10(16)13-7(3)4/h6-7,11H,1-5H3,(H,12,15)(H,13,16). The van der Waals surface area contributed by atoms with E-state index in [0.29, 0.717) is 0 Å². The van der Waals surface area contributed by atoms with Crippen LogP contribution in [-0.2, 0) is 0 Å². The second-order valence-corrected chi connectivity index (χ2v) is 4.85. The van der Waals surface area contributed by atoms with E-state index in [1.807, 2.05) is 0 Å². The quantitative estimate of drug-likeness (QED) is 0.523. The van der Waals surface area contributed by atoms with Crippen LogP contribution in [0.15, 0.2) is 0 Å². The van der Waals surface area contributed by atoms with E-state index in [4.69, 9.17) is 5.41 Å². The van der Waals surface area contributed by atoms with Gasteiger partial charge in [0, 0.05) is 12.1 Å². The molecule has 0 radical (unpaired) electrons. The van der Waals surface area contributed by atoms with Crippen LogP contribution in [0, 0.1) is 5.41 Å². The van der Waals surface area contributed by atoms with Gasteiger partial charge in [0.2, 0.25) is 0 Å². The molecule has 6 nitrogen and oxygen atoms in total. The van der Waals surface area contributed by atoms with E-state index in [-0.39, 0.29) is 17.3 Å². The van der Waals surface area contributed by atoms with Crippen molar-refractivity contribution >= 4 is 29.0 Å². The molecule has 0 aliphatic carbocycles. The number of imide groups is 1. The summed E-state index contributed by atoms with van der Waals surface area (Å²) in [5, 5.41) is 12.7. The molecule has 0 aliphatic heterocycles. The minimum Gasteiger partial charge on any atom is -0.335 e. The zero-order valence-corrected chi connectivity index (χ0v) is 11.6. The SMILES string of the molecule is CSC(=N)N(C(=O)NC(C)C)C(=O)NC(C)C. The van der Waals surface area contributed by atoms with E-state index < -0.39 is 12.1 Å². The topological polar surface area (TPSA) is 85.3 Å². The lowest BCUT2D eigenvalue weighted by atomic mass is 10.4. The van der Waals surface area contributed by atoms with Crippen LogP contribution in [0.2, 0.25) is 0 Å². The predicted molar refractivity (Wildman–Crippen MR) is 70.4 cm³/mol. The third-order valence-corrected chi connectivity index (χ3v) is 2.20. The number of amidine groups is 1. The lowest BCUT2D eigenvalue weighted by Gasteiger charge is -2.23. The van der Waals surface area contributed by atoms with Gasteiger partial charge in [-0.1, -0.05) is 11.8 Å². The smallest absolute Gasteiger partial charge is 0.332 e. The van der Waals surface area contributed by atoms with E-state index in [1.54, 1.807) is 34.0 Å². The summed E-state index contributed by atoms with van der Waals surface area (Å²) in [5.74, 6) is 0. The van der Waals surface area contributed by atoms with Gasteiger partial charge in [0.05, 0.1) is 0 Å². The summed E-state index contributed by atoms with van der Waals surface area (Å²) in [6.45, 7) is 7.16. The Labute approximate surface area is 106 Å². The monoisotopic (exact) mass is 260 g/mol. The van der Waals surface area contributed by atoms with Gasteiger partial charge in [-0.15, -0.1) is 0 Å². The molecule has 0 aromatic rings. The number of amides is 4. The fraction of sp³-hybridized carbons (Fsp3) is 0.700. The average Bonchev–Trinajstić information content (AvgIpc) is 2.14. The Balaban J connectivity index is 4.81. The second kappa shape index (κ2) is 7.16. The summed E-state index contributed by atoms with van der Waals surface area (Å²) in [5.41, 5.74) is 0. The predicted octanol–water partition coefficient (Wildman–Crippen LogP) is 1.82. The minimum atomic E-state index is -0.586. The number of hydrogen-bond donors (Lipinski definition) is 3. The van der Waals surface area contributed by atoms with Crippen LogP contribution in [0.5, 0.6) is 0 Å². The van der Waals surface area contributed by atoms with Gasteiger partial charge >= 0.3 is 12.1 Å². The van der Waals surface area contributed by atoms with Gasteiger partial charge in [0.25, 0.3) is 0 Å². The average molecular weight is 260 g/mol. The Morgan fingerprint density at radius 2 is 1.41 bits per heavy atom. The molecule has 0 rings (SSSR count). The Morgan fingerprint density at radius 3 is 1.65 bits per heavy atom. The first kappa shape index (κ1) is 15.8. The van der Waals surface area contributed by atoms with E-state index >= 15 is 0 Å². The maximum atomic E-state index is 11.8. The first-order valence-corrected chi connectivity index (χ1v) is 6.55. The third-order valence-electron chi connectivity index (χ3n) is 1.63. The molecule has 0 saturated carbocycles. The number of thioether (sulfide) groups is 1. The van der Waals surface area contributed by atoms with Crippen molar-refractivity contribution in [2.24, 2.45) is 0 Å². The highest BCUT2D eigenvalue weighted by Gasteiger charge is 2.26. The fourth-order valence-corrected chi connectivity index (χ4v) is 1.34.